The highest BCUT2D eigenvalue weighted by Gasteiger charge is 2.14. The molecule has 4 rings (SSSR count). The lowest BCUT2D eigenvalue weighted by atomic mass is 9.88. The largest absolute Gasteiger partial charge is 0.494 e. The van der Waals surface area contributed by atoms with E-state index < -0.39 is 0 Å². The Morgan fingerprint density at radius 3 is 2.54 bits per heavy atom. The molecule has 0 atom stereocenters. The van der Waals surface area contributed by atoms with Gasteiger partial charge in [-0.25, -0.2) is 0 Å². The van der Waals surface area contributed by atoms with Gasteiger partial charge in [-0.1, -0.05) is 67.5 Å². The van der Waals surface area contributed by atoms with Crippen LogP contribution < -0.4 is 4.74 Å². The van der Waals surface area contributed by atoms with E-state index in [9.17, 15) is 4.79 Å². The van der Waals surface area contributed by atoms with Gasteiger partial charge in [-0.3, -0.25) is 9.89 Å². The molecule has 0 fully saturated rings. The molecule has 1 N–H and O–H groups in total. The van der Waals surface area contributed by atoms with Gasteiger partial charge in [0.05, 0.1) is 24.9 Å². The maximum Gasteiger partial charge on any atom is 0.246 e. The summed E-state index contributed by atoms with van der Waals surface area (Å²) in [5, 5.41) is 8.34. The molecule has 1 aromatic heterocycles. The Hall–Kier alpha value is -4.56. The number of unbranched alkanes of at least 4 members (excludes halogenated alkanes) is 2. The van der Waals surface area contributed by atoms with Crippen LogP contribution in [0.3, 0.4) is 0 Å². The van der Waals surface area contributed by atoms with Crippen molar-refractivity contribution < 1.29 is 9.53 Å². The Balaban J connectivity index is 1.44. The van der Waals surface area contributed by atoms with Crippen LogP contribution in [0.25, 0.3) is 22.0 Å². The molecule has 3 aromatic carbocycles. The summed E-state index contributed by atoms with van der Waals surface area (Å²) in [4.78, 5) is 13.4. The quantitative estimate of drug-likeness (QED) is 0.0941. The Kier molecular flexibility index (Phi) is 9.74. The number of carbonyl (C=O) groups is 1. The van der Waals surface area contributed by atoms with E-state index >= 15 is 0 Å². The van der Waals surface area contributed by atoms with Crippen molar-refractivity contribution in [3.63, 3.8) is 0 Å². The van der Waals surface area contributed by atoms with Gasteiger partial charge >= 0.3 is 0 Å². The third kappa shape index (κ3) is 7.27. The van der Waals surface area contributed by atoms with Gasteiger partial charge in [-0.15, -0.1) is 6.42 Å². The van der Waals surface area contributed by atoms with E-state index in [4.69, 9.17) is 11.2 Å². The topological polar surface area (TPSA) is 58.2 Å². The zero-order valence-electron chi connectivity index (χ0n) is 22.7. The number of rotatable bonds is 12. The summed E-state index contributed by atoms with van der Waals surface area (Å²) in [6.07, 6.45) is 14.2. The average molecular weight is 518 g/mol. The summed E-state index contributed by atoms with van der Waals surface area (Å²) in [5.41, 5.74) is 7.07. The van der Waals surface area contributed by atoms with E-state index in [2.05, 4.69) is 83.7 Å². The number of aromatic nitrogens is 2. The van der Waals surface area contributed by atoms with E-state index in [0.717, 1.165) is 53.5 Å². The fourth-order valence-corrected chi connectivity index (χ4v) is 4.58. The number of likely N-dealkylation sites (N-methyl/N-ethyl adjacent to an activating group) is 1. The van der Waals surface area contributed by atoms with Gasteiger partial charge in [0.2, 0.25) is 5.91 Å². The fraction of sp³-hybridized carbons (Fsp3) is 0.235. The molecule has 0 aliphatic heterocycles. The highest BCUT2D eigenvalue weighted by Crippen LogP contribution is 2.36. The number of ether oxygens (including phenoxy) is 1. The molecule has 0 radical (unpaired) electrons. The minimum absolute atomic E-state index is 0.0686. The number of benzene rings is 3. The monoisotopic (exact) mass is 517 g/mol. The maximum atomic E-state index is 11.9. The van der Waals surface area contributed by atoms with E-state index in [1.54, 1.807) is 13.1 Å². The summed E-state index contributed by atoms with van der Waals surface area (Å²) in [7, 11) is 1.70. The highest BCUT2D eigenvalue weighted by molar-refractivity contribution is 6.00. The predicted octanol–water partition coefficient (Wildman–Crippen LogP) is 7.13. The van der Waals surface area contributed by atoms with Crippen molar-refractivity contribution in [1.82, 2.24) is 15.1 Å². The molecule has 0 bridgehead atoms. The van der Waals surface area contributed by atoms with Crippen LogP contribution in [0.1, 0.15) is 49.3 Å². The van der Waals surface area contributed by atoms with Crippen LogP contribution in [-0.2, 0) is 4.79 Å². The van der Waals surface area contributed by atoms with Gasteiger partial charge in [-0.05, 0) is 83.9 Å². The Labute approximate surface area is 231 Å². The van der Waals surface area contributed by atoms with Crippen LogP contribution in [0.5, 0.6) is 5.75 Å². The third-order valence-corrected chi connectivity index (χ3v) is 6.65. The fourth-order valence-electron chi connectivity index (χ4n) is 4.58. The Morgan fingerprint density at radius 1 is 1.03 bits per heavy atom. The molecule has 39 heavy (non-hydrogen) atoms. The van der Waals surface area contributed by atoms with Crippen LogP contribution in [0.15, 0.2) is 91.1 Å². The molecular weight excluding hydrogens is 482 g/mol. The lowest BCUT2D eigenvalue weighted by Gasteiger charge is -2.17. The number of allylic oxidation sites excluding steroid dienone is 2. The van der Waals surface area contributed by atoms with Crippen molar-refractivity contribution in [3.8, 4) is 18.1 Å². The minimum Gasteiger partial charge on any atom is -0.494 e. The molecule has 5 heteroatoms. The summed E-state index contributed by atoms with van der Waals surface area (Å²) in [6.45, 7) is 3.15. The minimum atomic E-state index is -0.0686. The summed E-state index contributed by atoms with van der Waals surface area (Å²) in [6, 6.07) is 25.4. The van der Waals surface area contributed by atoms with E-state index in [1.807, 2.05) is 24.4 Å². The molecule has 5 nitrogen and oxygen atoms in total. The lowest BCUT2D eigenvalue weighted by molar-refractivity contribution is -0.124. The van der Waals surface area contributed by atoms with Gasteiger partial charge in [0.1, 0.15) is 5.75 Å². The number of nitrogens with one attached hydrogen (secondary N) is 1. The molecule has 0 aliphatic rings. The number of hydrogen-bond acceptors (Lipinski definition) is 3. The molecule has 198 valence electrons. The number of carbonyl (C=O) groups excluding carboxylic acids is 1. The summed E-state index contributed by atoms with van der Waals surface area (Å²) < 4.78 is 6.01. The van der Waals surface area contributed by atoms with Crippen LogP contribution in [0.2, 0.25) is 0 Å². The van der Waals surface area contributed by atoms with Gasteiger partial charge in [0, 0.05) is 12.4 Å². The molecule has 0 saturated heterocycles. The number of amides is 1. The first kappa shape index (κ1) is 27.5. The first-order chi connectivity index (χ1) is 19.1. The molecule has 0 spiro atoms. The van der Waals surface area contributed by atoms with Gasteiger partial charge in [0.15, 0.2) is 0 Å². The van der Waals surface area contributed by atoms with Crippen molar-refractivity contribution in [1.29, 1.82) is 0 Å². The normalized spacial score (nSPS) is 11.8. The van der Waals surface area contributed by atoms with Crippen molar-refractivity contribution in [2.75, 3.05) is 20.2 Å². The number of nitrogens with zero attached hydrogens (tertiary/aromatic N) is 2. The van der Waals surface area contributed by atoms with E-state index in [0.29, 0.717) is 13.2 Å². The molecular formula is C34H35N3O2. The van der Waals surface area contributed by atoms with Crippen LogP contribution in [0.4, 0.5) is 0 Å². The van der Waals surface area contributed by atoms with Crippen LogP contribution in [-0.4, -0.2) is 41.2 Å². The molecule has 0 saturated carbocycles. The summed E-state index contributed by atoms with van der Waals surface area (Å²) in [5.74, 6) is 3.25. The maximum absolute atomic E-state index is 11.9. The van der Waals surface area contributed by atoms with Crippen LogP contribution in [0, 0.1) is 12.3 Å². The van der Waals surface area contributed by atoms with Crippen molar-refractivity contribution in [2.24, 2.45) is 0 Å². The molecule has 1 amide bonds. The average Bonchev–Trinajstić information content (AvgIpc) is 3.44. The molecule has 0 unspecified atom stereocenters. The molecule has 1 heterocycles. The second-order valence-electron chi connectivity index (χ2n) is 9.41. The molecule has 0 aliphatic carbocycles. The lowest BCUT2D eigenvalue weighted by Crippen LogP contribution is -2.24. The zero-order valence-corrected chi connectivity index (χ0v) is 22.7. The second-order valence-corrected chi connectivity index (χ2v) is 9.41. The number of terminal acetylenes is 1. The van der Waals surface area contributed by atoms with Crippen molar-refractivity contribution >= 4 is 28.0 Å². The van der Waals surface area contributed by atoms with E-state index in [-0.39, 0.29) is 5.91 Å². The SMILES string of the molecule is C#CCN(C)C(=O)/C=C/CCCCOc1ccc(/C(=C(/CC)c2ccccc2)c2ccc3[nH]ncc3c2)cc1. The predicted molar refractivity (Wildman–Crippen MR) is 160 cm³/mol. The number of H-pyrrole nitrogens is 1. The zero-order chi connectivity index (χ0) is 27.5. The first-order valence-corrected chi connectivity index (χ1v) is 13.4. The standard InChI is InChI=1S/C34H35N3O2/c1-4-22-37(3)33(38)15-11-6-7-12-23-39-30-19-16-27(17-20-30)34(31(5-2)26-13-9-8-10-14-26)28-18-21-32-29(24-28)25-35-36-32/h1,8-11,13-21,24-25H,5-7,12,22-23H2,2-3H3,(H,35,36)/b15-11+,34-31+. The number of fused-ring (bicyclic) bond motifs is 1. The van der Waals surface area contributed by atoms with Crippen LogP contribution >= 0.6 is 0 Å². The number of aromatic amines is 1. The van der Waals surface area contributed by atoms with Crippen molar-refractivity contribution in [2.45, 2.75) is 32.6 Å². The Morgan fingerprint density at radius 2 is 1.79 bits per heavy atom. The second kappa shape index (κ2) is 13.8. The number of hydrogen-bond donors (Lipinski definition) is 1. The molecule has 4 aromatic rings. The first-order valence-electron chi connectivity index (χ1n) is 13.4. The Bertz CT molecular complexity index is 1470. The van der Waals surface area contributed by atoms with Gasteiger partial charge in [-0.2, -0.15) is 5.10 Å². The van der Waals surface area contributed by atoms with Gasteiger partial charge < -0.3 is 9.64 Å². The highest BCUT2D eigenvalue weighted by atomic mass is 16.5. The van der Waals surface area contributed by atoms with Gasteiger partial charge in [0.25, 0.3) is 0 Å². The summed E-state index contributed by atoms with van der Waals surface area (Å²) >= 11 is 0. The van der Waals surface area contributed by atoms with Crippen molar-refractivity contribution in [3.05, 3.63) is 108 Å². The third-order valence-electron chi connectivity index (χ3n) is 6.65. The van der Waals surface area contributed by atoms with E-state index in [1.165, 1.54) is 21.6 Å². The smallest absolute Gasteiger partial charge is 0.246 e.